The summed E-state index contributed by atoms with van der Waals surface area (Å²) >= 11 is 8.62. The molecule has 0 radical (unpaired) electrons. The molecule has 3 aromatic heterocycles. The van der Waals surface area contributed by atoms with E-state index in [4.69, 9.17) is 0 Å². The van der Waals surface area contributed by atoms with Gasteiger partial charge in [0, 0.05) is 11.8 Å². The van der Waals surface area contributed by atoms with Crippen molar-refractivity contribution in [2.24, 2.45) is 0 Å². The smallest absolute Gasteiger partial charge is 0.211 e. The minimum Gasteiger partial charge on any atom is -0.256 e. The molecule has 6 rings (SSSR count). The molecule has 174 valence electrons. The number of rotatable bonds is 5. The van der Waals surface area contributed by atoms with Gasteiger partial charge < -0.3 is 0 Å². The molecule has 0 aliphatic carbocycles. The van der Waals surface area contributed by atoms with Gasteiger partial charge in [0.15, 0.2) is 0 Å². The van der Waals surface area contributed by atoms with Gasteiger partial charge in [0.05, 0.1) is 17.1 Å². The molecule has 0 amide bonds. The third-order valence-corrected chi connectivity index (χ3v) is 6.30. The summed E-state index contributed by atoms with van der Waals surface area (Å²) in [6, 6.07) is 28.3. The summed E-state index contributed by atoms with van der Waals surface area (Å²) < 4.78 is 3.15. The third kappa shape index (κ3) is 4.04. The van der Waals surface area contributed by atoms with Crippen LogP contribution in [-0.4, -0.2) is 45.4 Å². The van der Waals surface area contributed by atoms with Crippen LogP contribution >= 0.6 is 25.3 Å². The van der Waals surface area contributed by atoms with Gasteiger partial charge in [0.2, 0.25) is 10.3 Å². The van der Waals surface area contributed by atoms with E-state index in [9.17, 15) is 0 Å². The Morgan fingerprint density at radius 3 is 1.50 bits per heavy atom. The monoisotopic (exact) mass is 507 g/mol. The molecule has 3 heterocycles. The molecule has 0 spiro atoms. The van der Waals surface area contributed by atoms with Crippen LogP contribution in [0.15, 0.2) is 101 Å². The highest BCUT2D eigenvalue weighted by atomic mass is 32.1. The predicted molar refractivity (Wildman–Crippen MR) is 140 cm³/mol. The summed E-state index contributed by atoms with van der Waals surface area (Å²) in [5.41, 5.74) is 7.77. The van der Waals surface area contributed by atoms with Gasteiger partial charge >= 0.3 is 0 Å². The topological polar surface area (TPSA) is 100 Å². The maximum atomic E-state index is 4.68. The highest BCUT2D eigenvalue weighted by Crippen LogP contribution is 2.39. The van der Waals surface area contributed by atoms with Gasteiger partial charge in [-0.2, -0.15) is 9.36 Å². The molecule has 11 heteroatoms. The maximum Gasteiger partial charge on any atom is 0.211 e. The molecule has 6 aromatic rings. The van der Waals surface area contributed by atoms with Gasteiger partial charge in [-0.25, -0.2) is 0 Å². The Hall–Kier alpha value is -4.35. The fraction of sp³-hybridized carbons (Fsp3) is 0. The molecule has 0 atom stereocenters. The molecular weight excluding hydrogens is 490 g/mol. The van der Waals surface area contributed by atoms with Crippen LogP contribution in [0, 0.1) is 0 Å². The van der Waals surface area contributed by atoms with Crippen LogP contribution < -0.4 is 0 Å². The zero-order chi connectivity index (χ0) is 24.5. The molecule has 9 nitrogen and oxygen atoms in total. The lowest BCUT2D eigenvalue weighted by Gasteiger charge is -2.16. The number of aromatic nitrogens is 9. The van der Waals surface area contributed by atoms with Crippen LogP contribution in [0.25, 0.3) is 44.9 Å². The molecule has 0 aliphatic heterocycles. The van der Waals surface area contributed by atoms with Crippen molar-refractivity contribution in [1.82, 2.24) is 45.4 Å². The van der Waals surface area contributed by atoms with E-state index < -0.39 is 0 Å². The van der Waals surface area contributed by atoms with Gasteiger partial charge in [0.1, 0.15) is 0 Å². The molecule has 36 heavy (non-hydrogen) atoms. The van der Waals surface area contributed by atoms with Crippen molar-refractivity contribution < 1.29 is 0 Å². The van der Waals surface area contributed by atoms with Gasteiger partial charge in [-0.15, -0.1) is 35.5 Å². The lowest BCUT2D eigenvalue weighted by molar-refractivity contribution is 0.758. The number of nitrogens with zero attached hydrogens (tertiary/aromatic N) is 9. The van der Waals surface area contributed by atoms with Crippen molar-refractivity contribution in [2.75, 3.05) is 0 Å². The molecule has 0 bridgehead atoms. The molecular formula is C25H17N9S2. The molecule has 0 aliphatic rings. The summed E-state index contributed by atoms with van der Waals surface area (Å²) in [5, 5.41) is 23.8. The van der Waals surface area contributed by atoms with Crippen LogP contribution in [-0.2, 0) is 0 Å². The van der Waals surface area contributed by atoms with Crippen LogP contribution in [0.1, 0.15) is 0 Å². The summed E-state index contributed by atoms with van der Waals surface area (Å²) in [6.45, 7) is 0. The number of hydrogen-bond donors (Lipinski definition) is 2. The van der Waals surface area contributed by atoms with Crippen LogP contribution in [0.2, 0.25) is 0 Å². The summed E-state index contributed by atoms with van der Waals surface area (Å²) in [6.07, 6.45) is 1.81. The number of pyridine rings is 1. The SMILES string of the molecule is Sc1nnnn1-c1ccc(-c2cccc(-c3ccc(-n4nnnc4S)cc3)c2-c2ccccn2)cc1. The van der Waals surface area contributed by atoms with E-state index in [2.05, 4.69) is 79.5 Å². The van der Waals surface area contributed by atoms with Gasteiger partial charge in [-0.3, -0.25) is 4.98 Å². The molecule has 0 saturated heterocycles. The highest BCUT2D eigenvalue weighted by molar-refractivity contribution is 7.80. The van der Waals surface area contributed by atoms with Crippen molar-refractivity contribution in [3.8, 4) is 44.9 Å². The van der Waals surface area contributed by atoms with Gasteiger partial charge in [-0.05, 0) is 79.5 Å². The third-order valence-electron chi connectivity index (χ3n) is 5.74. The number of benzene rings is 3. The number of thiol groups is 2. The van der Waals surface area contributed by atoms with Crippen LogP contribution in [0.3, 0.4) is 0 Å². The Kier molecular flexibility index (Phi) is 5.76. The van der Waals surface area contributed by atoms with E-state index in [0.717, 1.165) is 44.9 Å². The average molecular weight is 508 g/mol. The van der Waals surface area contributed by atoms with E-state index in [-0.39, 0.29) is 0 Å². The van der Waals surface area contributed by atoms with Crippen molar-refractivity contribution in [3.63, 3.8) is 0 Å². The van der Waals surface area contributed by atoms with Crippen molar-refractivity contribution in [2.45, 2.75) is 10.3 Å². The first-order valence-corrected chi connectivity index (χ1v) is 11.8. The Bertz CT molecular complexity index is 1540. The second kappa shape index (κ2) is 9.36. The quantitative estimate of drug-likeness (QED) is 0.329. The maximum absolute atomic E-state index is 4.68. The molecule has 3 aromatic carbocycles. The van der Waals surface area contributed by atoms with Crippen molar-refractivity contribution >= 4 is 25.3 Å². The minimum absolute atomic E-state index is 0.425. The Balaban J connectivity index is 1.47. The molecule has 0 fully saturated rings. The van der Waals surface area contributed by atoms with E-state index in [1.165, 1.54) is 0 Å². The standard InChI is InChI=1S/C25H17N9S2/c35-24-27-29-31-33(24)18-11-7-16(8-12-18)20-4-3-5-21(23(20)22-6-1-2-15-26-22)17-9-13-19(14-10-17)34-25(36)28-30-32-34/h1-15H,(H,27,31,35)(H,28,32,36). The Morgan fingerprint density at radius 2 is 1.08 bits per heavy atom. The lowest BCUT2D eigenvalue weighted by Crippen LogP contribution is -1.98. The first-order chi connectivity index (χ1) is 17.7. The molecule has 0 saturated carbocycles. The second-order valence-corrected chi connectivity index (χ2v) is 8.62. The highest BCUT2D eigenvalue weighted by Gasteiger charge is 2.16. The summed E-state index contributed by atoms with van der Waals surface area (Å²) in [5.74, 6) is 0. The summed E-state index contributed by atoms with van der Waals surface area (Å²) in [4.78, 5) is 4.68. The number of tetrazole rings is 2. The Labute approximate surface area is 216 Å². The van der Waals surface area contributed by atoms with E-state index in [1.54, 1.807) is 15.6 Å². The predicted octanol–water partition coefficient (Wildman–Crippen LogP) is 4.61. The van der Waals surface area contributed by atoms with Crippen LogP contribution in [0.4, 0.5) is 0 Å². The van der Waals surface area contributed by atoms with E-state index in [1.807, 2.05) is 66.7 Å². The first kappa shape index (κ1) is 22.1. The van der Waals surface area contributed by atoms with E-state index in [0.29, 0.717) is 10.3 Å². The summed E-state index contributed by atoms with van der Waals surface area (Å²) in [7, 11) is 0. The zero-order valence-electron chi connectivity index (χ0n) is 18.6. The van der Waals surface area contributed by atoms with Gasteiger partial charge in [0.25, 0.3) is 0 Å². The van der Waals surface area contributed by atoms with Crippen molar-refractivity contribution in [3.05, 3.63) is 91.1 Å². The second-order valence-electron chi connectivity index (χ2n) is 7.82. The number of hydrogen-bond acceptors (Lipinski definition) is 9. The zero-order valence-corrected chi connectivity index (χ0v) is 20.4. The van der Waals surface area contributed by atoms with Gasteiger partial charge in [-0.1, -0.05) is 48.5 Å². The molecule has 0 unspecified atom stereocenters. The molecule has 0 N–H and O–H groups in total. The van der Waals surface area contributed by atoms with Crippen LogP contribution in [0.5, 0.6) is 0 Å². The fourth-order valence-electron chi connectivity index (χ4n) is 4.08. The average Bonchev–Trinajstić information content (AvgIpc) is 3.57. The lowest BCUT2D eigenvalue weighted by atomic mass is 9.89. The van der Waals surface area contributed by atoms with Crippen molar-refractivity contribution in [1.29, 1.82) is 0 Å². The fourth-order valence-corrected chi connectivity index (χ4v) is 4.47. The Morgan fingerprint density at radius 1 is 0.556 bits per heavy atom. The van der Waals surface area contributed by atoms with E-state index >= 15 is 0 Å². The minimum atomic E-state index is 0.425. The normalized spacial score (nSPS) is 11.1. The largest absolute Gasteiger partial charge is 0.256 e. The first-order valence-electron chi connectivity index (χ1n) is 10.9.